The lowest BCUT2D eigenvalue weighted by Crippen LogP contribution is -2.38. The molecule has 21 heavy (non-hydrogen) atoms. The number of ether oxygens (including phenoxy) is 1. The number of amides is 1. The van der Waals surface area contributed by atoms with Crippen molar-refractivity contribution in [2.45, 2.75) is 19.3 Å². The van der Waals surface area contributed by atoms with E-state index in [1.54, 1.807) is 18.2 Å². The molecule has 1 aromatic carbocycles. The minimum atomic E-state index is 0.00524. The van der Waals surface area contributed by atoms with E-state index >= 15 is 0 Å². The molecule has 1 unspecified atom stereocenters. The first-order chi connectivity index (χ1) is 10.1. The first-order valence-corrected chi connectivity index (χ1v) is 7.96. The summed E-state index contributed by atoms with van der Waals surface area (Å²) in [5.41, 5.74) is 0. The van der Waals surface area contributed by atoms with E-state index in [0.717, 1.165) is 19.6 Å². The summed E-state index contributed by atoms with van der Waals surface area (Å²) in [5, 5.41) is 7.30. The molecule has 1 heterocycles. The van der Waals surface area contributed by atoms with Gasteiger partial charge in [0.25, 0.3) is 0 Å². The van der Waals surface area contributed by atoms with Gasteiger partial charge in [0.15, 0.2) is 0 Å². The molecule has 0 aromatic heterocycles. The number of nitrogens with one attached hydrogen (secondary N) is 2. The SMILES string of the molecule is O=C(CCOc1ccc(Cl)cc1Cl)NCC1CCCNC1. The summed E-state index contributed by atoms with van der Waals surface area (Å²) in [4.78, 5) is 11.7. The minimum Gasteiger partial charge on any atom is -0.491 e. The van der Waals surface area contributed by atoms with Crippen LogP contribution in [0.3, 0.4) is 0 Å². The number of halogens is 2. The molecule has 0 aliphatic carbocycles. The predicted molar refractivity (Wildman–Crippen MR) is 85.2 cm³/mol. The molecule has 0 bridgehead atoms. The van der Waals surface area contributed by atoms with E-state index in [9.17, 15) is 4.79 Å². The van der Waals surface area contributed by atoms with Crippen LogP contribution in [-0.4, -0.2) is 32.1 Å². The molecule has 1 aliphatic rings. The lowest BCUT2D eigenvalue weighted by atomic mass is 10.00. The third-order valence-electron chi connectivity index (χ3n) is 3.47. The summed E-state index contributed by atoms with van der Waals surface area (Å²) >= 11 is 11.8. The minimum absolute atomic E-state index is 0.00524. The first kappa shape index (κ1) is 16.4. The summed E-state index contributed by atoms with van der Waals surface area (Å²) in [7, 11) is 0. The lowest BCUT2D eigenvalue weighted by Gasteiger charge is -2.22. The van der Waals surface area contributed by atoms with Crippen molar-refractivity contribution in [2.75, 3.05) is 26.2 Å². The fourth-order valence-corrected chi connectivity index (χ4v) is 2.75. The van der Waals surface area contributed by atoms with Gasteiger partial charge >= 0.3 is 0 Å². The van der Waals surface area contributed by atoms with E-state index in [0.29, 0.717) is 34.7 Å². The van der Waals surface area contributed by atoms with Gasteiger partial charge in [-0.05, 0) is 50.0 Å². The van der Waals surface area contributed by atoms with Gasteiger partial charge in [-0.1, -0.05) is 23.2 Å². The Morgan fingerprint density at radius 3 is 3.00 bits per heavy atom. The third-order valence-corrected chi connectivity index (χ3v) is 4.00. The molecule has 6 heteroatoms. The van der Waals surface area contributed by atoms with Crippen LogP contribution in [0.2, 0.25) is 10.0 Å². The highest BCUT2D eigenvalue weighted by Gasteiger charge is 2.13. The molecule has 2 rings (SSSR count). The number of rotatable bonds is 6. The van der Waals surface area contributed by atoms with E-state index in [4.69, 9.17) is 27.9 Å². The molecule has 1 fully saturated rings. The van der Waals surface area contributed by atoms with Crippen LogP contribution in [-0.2, 0) is 4.79 Å². The molecule has 116 valence electrons. The molecule has 1 saturated heterocycles. The fraction of sp³-hybridized carbons (Fsp3) is 0.533. The normalized spacial score (nSPS) is 18.3. The molecule has 4 nitrogen and oxygen atoms in total. The quantitative estimate of drug-likeness (QED) is 0.843. The lowest BCUT2D eigenvalue weighted by molar-refractivity contribution is -0.121. The Morgan fingerprint density at radius 2 is 2.29 bits per heavy atom. The van der Waals surface area contributed by atoms with Gasteiger partial charge in [0.2, 0.25) is 5.91 Å². The van der Waals surface area contributed by atoms with Crippen LogP contribution in [0.5, 0.6) is 5.75 Å². The molecular formula is C15H20Cl2N2O2. The summed E-state index contributed by atoms with van der Waals surface area (Å²) in [6.07, 6.45) is 2.67. The molecule has 1 atom stereocenters. The number of hydrogen-bond acceptors (Lipinski definition) is 3. The van der Waals surface area contributed by atoms with Crippen LogP contribution in [0.4, 0.5) is 0 Å². The maximum atomic E-state index is 11.7. The second-order valence-electron chi connectivity index (χ2n) is 5.19. The van der Waals surface area contributed by atoms with Crippen molar-refractivity contribution in [3.63, 3.8) is 0 Å². The number of hydrogen-bond donors (Lipinski definition) is 2. The van der Waals surface area contributed by atoms with E-state index in [-0.39, 0.29) is 5.91 Å². The van der Waals surface area contributed by atoms with Crippen molar-refractivity contribution in [3.05, 3.63) is 28.2 Å². The zero-order valence-corrected chi connectivity index (χ0v) is 13.3. The predicted octanol–water partition coefficient (Wildman–Crippen LogP) is 2.88. The van der Waals surface area contributed by atoms with Crippen LogP contribution in [0.1, 0.15) is 19.3 Å². The Bertz CT molecular complexity index is 477. The first-order valence-electron chi connectivity index (χ1n) is 7.20. The Kier molecular flexibility index (Phi) is 6.61. The van der Waals surface area contributed by atoms with E-state index in [2.05, 4.69) is 10.6 Å². The second kappa shape index (κ2) is 8.47. The van der Waals surface area contributed by atoms with E-state index < -0.39 is 0 Å². The van der Waals surface area contributed by atoms with Gasteiger partial charge in [0, 0.05) is 11.6 Å². The Balaban J connectivity index is 1.64. The Hall–Kier alpha value is -0.970. The maximum Gasteiger partial charge on any atom is 0.223 e. The fourth-order valence-electron chi connectivity index (χ4n) is 2.29. The zero-order chi connectivity index (χ0) is 15.1. The van der Waals surface area contributed by atoms with Gasteiger partial charge in [0.05, 0.1) is 18.1 Å². The molecule has 0 spiro atoms. The van der Waals surface area contributed by atoms with Gasteiger partial charge in [-0.3, -0.25) is 4.79 Å². The van der Waals surface area contributed by atoms with Gasteiger partial charge in [-0.2, -0.15) is 0 Å². The van der Waals surface area contributed by atoms with E-state index in [1.165, 1.54) is 12.8 Å². The number of piperidine rings is 1. The summed E-state index contributed by atoms with van der Waals surface area (Å²) in [6, 6.07) is 5.03. The van der Waals surface area contributed by atoms with E-state index in [1.807, 2.05) is 0 Å². The zero-order valence-electron chi connectivity index (χ0n) is 11.8. The van der Waals surface area contributed by atoms with Gasteiger partial charge < -0.3 is 15.4 Å². The average Bonchev–Trinajstić information content (AvgIpc) is 2.48. The molecule has 1 aliphatic heterocycles. The average molecular weight is 331 g/mol. The van der Waals surface area contributed by atoms with Crippen LogP contribution < -0.4 is 15.4 Å². The summed E-state index contributed by atoms with van der Waals surface area (Å²) in [6.45, 7) is 3.10. The van der Waals surface area contributed by atoms with Crippen LogP contribution in [0, 0.1) is 5.92 Å². The van der Waals surface area contributed by atoms with Crippen molar-refractivity contribution in [1.29, 1.82) is 0 Å². The third kappa shape index (κ3) is 5.73. The standard InChI is InChI=1S/C15H20Cl2N2O2/c16-12-3-4-14(13(17)8-12)21-7-5-15(20)19-10-11-2-1-6-18-9-11/h3-4,8,11,18H,1-2,5-7,9-10H2,(H,19,20). The summed E-state index contributed by atoms with van der Waals surface area (Å²) in [5.74, 6) is 1.09. The van der Waals surface area contributed by atoms with Crippen molar-refractivity contribution in [1.82, 2.24) is 10.6 Å². The summed E-state index contributed by atoms with van der Waals surface area (Å²) < 4.78 is 5.49. The number of benzene rings is 1. The number of carbonyl (C=O) groups excluding carboxylic acids is 1. The molecule has 2 N–H and O–H groups in total. The van der Waals surface area contributed by atoms with Gasteiger partial charge in [-0.25, -0.2) is 0 Å². The van der Waals surface area contributed by atoms with Crippen molar-refractivity contribution < 1.29 is 9.53 Å². The second-order valence-corrected chi connectivity index (χ2v) is 6.03. The smallest absolute Gasteiger partial charge is 0.223 e. The maximum absolute atomic E-state index is 11.7. The van der Waals surface area contributed by atoms with Gasteiger partial charge in [0.1, 0.15) is 5.75 Å². The van der Waals surface area contributed by atoms with Crippen LogP contribution in [0.15, 0.2) is 18.2 Å². The molecule has 0 radical (unpaired) electrons. The topological polar surface area (TPSA) is 50.4 Å². The monoisotopic (exact) mass is 330 g/mol. The highest BCUT2D eigenvalue weighted by Crippen LogP contribution is 2.27. The Morgan fingerprint density at radius 1 is 1.43 bits per heavy atom. The van der Waals surface area contributed by atoms with Gasteiger partial charge in [-0.15, -0.1) is 0 Å². The van der Waals surface area contributed by atoms with Crippen LogP contribution in [0.25, 0.3) is 0 Å². The van der Waals surface area contributed by atoms with Crippen LogP contribution >= 0.6 is 23.2 Å². The molecule has 0 saturated carbocycles. The molecule has 1 aromatic rings. The van der Waals surface area contributed by atoms with Crippen molar-refractivity contribution in [2.24, 2.45) is 5.92 Å². The largest absolute Gasteiger partial charge is 0.491 e. The number of carbonyl (C=O) groups is 1. The highest BCUT2D eigenvalue weighted by atomic mass is 35.5. The van der Waals surface area contributed by atoms with Crippen molar-refractivity contribution >= 4 is 29.1 Å². The highest BCUT2D eigenvalue weighted by molar-refractivity contribution is 6.35. The van der Waals surface area contributed by atoms with Crippen molar-refractivity contribution in [3.8, 4) is 5.75 Å². The molecule has 1 amide bonds. The molecular weight excluding hydrogens is 311 g/mol. The Labute approximate surface area is 135 Å².